The Morgan fingerprint density at radius 1 is 1.26 bits per heavy atom. The molecule has 1 aliphatic carbocycles. The van der Waals surface area contributed by atoms with Crippen LogP contribution in [0.4, 0.5) is 0 Å². The van der Waals surface area contributed by atoms with Gasteiger partial charge >= 0.3 is 5.97 Å². The summed E-state index contributed by atoms with van der Waals surface area (Å²) in [6, 6.07) is 1.77. The predicted molar refractivity (Wildman–Crippen MR) is 72.8 cm³/mol. The third-order valence-electron chi connectivity index (χ3n) is 3.38. The first kappa shape index (κ1) is 14.0. The molecule has 6 heteroatoms. The van der Waals surface area contributed by atoms with Gasteiger partial charge in [0.15, 0.2) is 0 Å². The number of nitrogens with one attached hydrogen (secondary N) is 1. The minimum Gasteiger partial charge on any atom is -0.481 e. The lowest BCUT2D eigenvalue weighted by atomic mass is 9.86. The Morgan fingerprint density at radius 3 is 2.53 bits per heavy atom. The first-order valence-electron chi connectivity index (χ1n) is 6.20. The van der Waals surface area contributed by atoms with E-state index in [-0.39, 0.29) is 17.9 Å². The molecule has 0 atom stereocenters. The Bertz CT molecular complexity index is 485. The molecule has 0 aromatic carbocycles. The molecule has 1 aliphatic rings. The van der Waals surface area contributed by atoms with Crippen molar-refractivity contribution in [3.63, 3.8) is 0 Å². The van der Waals surface area contributed by atoms with Crippen molar-refractivity contribution in [3.8, 4) is 0 Å². The standard InChI is InChI=1S/C13H15BrN2O3/c14-10-5-9(6-15-7-10)12(17)16-11-3-1-8(2-4-11)13(18)19/h5-8,11H,1-4H2,(H,16,17)(H,18,19). The van der Waals surface area contributed by atoms with Gasteiger partial charge in [-0.1, -0.05) is 0 Å². The van der Waals surface area contributed by atoms with Crippen LogP contribution in [0.1, 0.15) is 36.0 Å². The van der Waals surface area contributed by atoms with Crippen molar-refractivity contribution in [2.45, 2.75) is 31.7 Å². The van der Waals surface area contributed by atoms with Crippen LogP contribution < -0.4 is 5.32 Å². The highest BCUT2D eigenvalue weighted by atomic mass is 79.9. The molecule has 5 nitrogen and oxygen atoms in total. The summed E-state index contributed by atoms with van der Waals surface area (Å²) in [6.07, 6.45) is 5.81. The highest BCUT2D eigenvalue weighted by Gasteiger charge is 2.26. The number of amides is 1. The molecule has 1 aromatic heterocycles. The summed E-state index contributed by atoms with van der Waals surface area (Å²) in [5.41, 5.74) is 0.509. The molecule has 1 amide bonds. The summed E-state index contributed by atoms with van der Waals surface area (Å²) in [7, 11) is 0. The van der Waals surface area contributed by atoms with Crippen molar-refractivity contribution >= 4 is 27.8 Å². The van der Waals surface area contributed by atoms with Gasteiger partial charge in [0.05, 0.1) is 11.5 Å². The minimum atomic E-state index is -0.735. The first-order valence-corrected chi connectivity index (χ1v) is 7.00. The topological polar surface area (TPSA) is 79.3 Å². The number of aliphatic carboxylic acids is 1. The van der Waals surface area contributed by atoms with Gasteiger partial charge in [-0.05, 0) is 47.7 Å². The maximum Gasteiger partial charge on any atom is 0.306 e. The zero-order chi connectivity index (χ0) is 13.8. The molecule has 0 bridgehead atoms. The summed E-state index contributed by atoms with van der Waals surface area (Å²) in [4.78, 5) is 26.8. The SMILES string of the molecule is O=C(NC1CCC(C(=O)O)CC1)c1cncc(Br)c1. The Labute approximate surface area is 119 Å². The van der Waals surface area contributed by atoms with Gasteiger partial charge in [-0.25, -0.2) is 0 Å². The van der Waals surface area contributed by atoms with Gasteiger partial charge in [0.25, 0.3) is 5.91 Å². The number of hydrogen-bond donors (Lipinski definition) is 2. The van der Waals surface area contributed by atoms with Crippen LogP contribution >= 0.6 is 15.9 Å². The maximum absolute atomic E-state index is 12.0. The van der Waals surface area contributed by atoms with Gasteiger partial charge < -0.3 is 10.4 Å². The third-order valence-corrected chi connectivity index (χ3v) is 3.81. The van der Waals surface area contributed by atoms with Crippen LogP contribution in [-0.2, 0) is 4.79 Å². The Hall–Kier alpha value is -1.43. The van der Waals surface area contributed by atoms with E-state index in [0.717, 1.165) is 4.47 Å². The van der Waals surface area contributed by atoms with Gasteiger partial charge in [0.1, 0.15) is 0 Å². The van der Waals surface area contributed by atoms with E-state index in [4.69, 9.17) is 5.11 Å². The smallest absolute Gasteiger partial charge is 0.306 e. The first-order chi connectivity index (χ1) is 9.06. The summed E-state index contributed by atoms with van der Waals surface area (Å²) in [6.45, 7) is 0. The molecular formula is C13H15BrN2O3. The molecular weight excluding hydrogens is 312 g/mol. The molecule has 0 radical (unpaired) electrons. The van der Waals surface area contributed by atoms with E-state index in [9.17, 15) is 9.59 Å². The number of nitrogens with zero attached hydrogens (tertiary/aromatic N) is 1. The molecule has 0 saturated heterocycles. The number of carbonyl (C=O) groups is 2. The highest BCUT2D eigenvalue weighted by Crippen LogP contribution is 2.24. The number of carboxylic acids is 1. The second-order valence-electron chi connectivity index (χ2n) is 4.75. The fourth-order valence-electron chi connectivity index (χ4n) is 2.29. The molecule has 0 aliphatic heterocycles. The van der Waals surface area contributed by atoms with Gasteiger partial charge in [0, 0.05) is 22.9 Å². The lowest BCUT2D eigenvalue weighted by molar-refractivity contribution is -0.142. The van der Waals surface area contributed by atoms with Crippen LogP contribution in [0, 0.1) is 5.92 Å². The Kier molecular flexibility index (Phi) is 4.52. The van der Waals surface area contributed by atoms with Crippen molar-refractivity contribution in [1.82, 2.24) is 10.3 Å². The van der Waals surface area contributed by atoms with Crippen molar-refractivity contribution < 1.29 is 14.7 Å². The van der Waals surface area contributed by atoms with Gasteiger partial charge in [-0.15, -0.1) is 0 Å². The van der Waals surface area contributed by atoms with Crippen LogP contribution in [0.25, 0.3) is 0 Å². The number of pyridine rings is 1. The quantitative estimate of drug-likeness (QED) is 0.892. The van der Waals surface area contributed by atoms with Crippen LogP contribution in [-0.4, -0.2) is 28.0 Å². The number of hydrogen-bond acceptors (Lipinski definition) is 3. The van der Waals surface area contributed by atoms with Crippen LogP contribution in [0.3, 0.4) is 0 Å². The van der Waals surface area contributed by atoms with E-state index >= 15 is 0 Å². The fraction of sp³-hybridized carbons (Fsp3) is 0.462. The van der Waals surface area contributed by atoms with E-state index in [1.54, 1.807) is 12.3 Å². The maximum atomic E-state index is 12.0. The van der Waals surface area contributed by atoms with Crippen LogP contribution in [0.2, 0.25) is 0 Å². The molecule has 1 fully saturated rings. The van der Waals surface area contributed by atoms with Crippen molar-refractivity contribution in [2.75, 3.05) is 0 Å². The Morgan fingerprint density at radius 2 is 1.95 bits per heavy atom. The van der Waals surface area contributed by atoms with Gasteiger partial charge in [-0.2, -0.15) is 0 Å². The summed E-state index contributed by atoms with van der Waals surface area (Å²) in [5.74, 6) is -1.16. The van der Waals surface area contributed by atoms with E-state index in [0.29, 0.717) is 31.2 Å². The normalized spacial score (nSPS) is 22.8. The van der Waals surface area contributed by atoms with E-state index in [1.165, 1.54) is 6.20 Å². The summed E-state index contributed by atoms with van der Waals surface area (Å²) >= 11 is 3.27. The largest absolute Gasteiger partial charge is 0.481 e. The molecule has 102 valence electrons. The molecule has 2 N–H and O–H groups in total. The highest BCUT2D eigenvalue weighted by molar-refractivity contribution is 9.10. The van der Waals surface area contributed by atoms with Crippen LogP contribution in [0.15, 0.2) is 22.9 Å². The molecule has 1 heterocycles. The fourth-order valence-corrected chi connectivity index (χ4v) is 2.65. The number of halogens is 1. The molecule has 0 unspecified atom stereocenters. The van der Waals surface area contributed by atoms with E-state index in [1.807, 2.05) is 0 Å². The van der Waals surface area contributed by atoms with Crippen molar-refractivity contribution in [3.05, 3.63) is 28.5 Å². The average molecular weight is 327 g/mol. The van der Waals surface area contributed by atoms with E-state index < -0.39 is 5.97 Å². The van der Waals surface area contributed by atoms with E-state index in [2.05, 4.69) is 26.2 Å². The zero-order valence-electron chi connectivity index (χ0n) is 10.3. The summed E-state index contributed by atoms with van der Waals surface area (Å²) in [5, 5.41) is 11.8. The van der Waals surface area contributed by atoms with Gasteiger partial charge in [0.2, 0.25) is 0 Å². The Balaban J connectivity index is 1.89. The number of carbonyl (C=O) groups excluding carboxylic acids is 1. The number of carboxylic acid groups (broad SMARTS) is 1. The average Bonchev–Trinajstić information content (AvgIpc) is 2.39. The molecule has 2 rings (SSSR count). The molecule has 19 heavy (non-hydrogen) atoms. The van der Waals surface area contributed by atoms with Gasteiger partial charge in [-0.3, -0.25) is 14.6 Å². The zero-order valence-corrected chi connectivity index (χ0v) is 11.9. The van der Waals surface area contributed by atoms with Crippen LogP contribution in [0.5, 0.6) is 0 Å². The van der Waals surface area contributed by atoms with Crippen molar-refractivity contribution in [2.24, 2.45) is 5.92 Å². The predicted octanol–water partition coefficient (Wildman–Crippen LogP) is 2.22. The number of rotatable bonds is 3. The monoisotopic (exact) mass is 326 g/mol. The lowest BCUT2D eigenvalue weighted by Gasteiger charge is -2.26. The summed E-state index contributed by atoms with van der Waals surface area (Å²) < 4.78 is 0.759. The second-order valence-corrected chi connectivity index (χ2v) is 5.67. The minimum absolute atomic E-state index is 0.0575. The lowest BCUT2D eigenvalue weighted by Crippen LogP contribution is -2.38. The van der Waals surface area contributed by atoms with Crippen molar-refractivity contribution in [1.29, 1.82) is 0 Å². The molecule has 1 aromatic rings. The third kappa shape index (κ3) is 3.76. The number of aromatic nitrogens is 1. The molecule has 1 saturated carbocycles. The molecule has 0 spiro atoms. The second kappa shape index (κ2) is 6.14.